The highest BCUT2D eigenvalue weighted by Gasteiger charge is 2.25. The van der Waals surface area contributed by atoms with Crippen molar-refractivity contribution in [3.63, 3.8) is 0 Å². The number of para-hydroxylation sites is 1. The van der Waals surface area contributed by atoms with Crippen LogP contribution >= 0.6 is 0 Å². The first-order valence-electron chi connectivity index (χ1n) is 7.80. The first-order valence-corrected chi connectivity index (χ1v) is 7.80. The zero-order chi connectivity index (χ0) is 15.4. The normalized spacial score (nSPS) is 16.3. The Morgan fingerprint density at radius 2 is 1.86 bits per heavy atom. The molecule has 0 atom stereocenters. The van der Waals surface area contributed by atoms with E-state index in [1.165, 1.54) is 0 Å². The zero-order valence-corrected chi connectivity index (χ0v) is 13.6. The van der Waals surface area contributed by atoms with Crippen molar-refractivity contribution >= 4 is 11.6 Å². The number of amides is 1. The van der Waals surface area contributed by atoms with Gasteiger partial charge in [-0.25, -0.2) is 0 Å². The molecule has 0 radical (unpaired) electrons. The van der Waals surface area contributed by atoms with Gasteiger partial charge >= 0.3 is 0 Å². The van der Waals surface area contributed by atoms with E-state index >= 15 is 0 Å². The number of anilines is 1. The van der Waals surface area contributed by atoms with Gasteiger partial charge in [-0.2, -0.15) is 0 Å². The Morgan fingerprint density at radius 1 is 1.24 bits per heavy atom. The van der Waals surface area contributed by atoms with Crippen LogP contribution in [0.1, 0.15) is 37.0 Å². The maximum absolute atomic E-state index is 12.7. The molecule has 0 saturated carbocycles. The summed E-state index contributed by atoms with van der Waals surface area (Å²) in [5.74, 6) is 0.155. The minimum absolute atomic E-state index is 0.155. The molecule has 1 aliphatic heterocycles. The molecule has 4 heteroatoms. The summed E-state index contributed by atoms with van der Waals surface area (Å²) in [6.45, 7) is 6.02. The molecular weight excluding hydrogens is 262 g/mol. The Morgan fingerprint density at radius 3 is 2.43 bits per heavy atom. The van der Waals surface area contributed by atoms with Crippen LogP contribution < -0.4 is 10.2 Å². The van der Waals surface area contributed by atoms with Gasteiger partial charge in [0.05, 0.1) is 5.56 Å². The zero-order valence-electron chi connectivity index (χ0n) is 13.6. The van der Waals surface area contributed by atoms with Crippen molar-refractivity contribution < 1.29 is 4.79 Å². The van der Waals surface area contributed by atoms with Gasteiger partial charge in [-0.05, 0) is 25.0 Å². The van der Waals surface area contributed by atoms with Crippen molar-refractivity contribution in [2.45, 2.75) is 38.8 Å². The van der Waals surface area contributed by atoms with Gasteiger partial charge in [0.15, 0.2) is 0 Å². The molecule has 4 nitrogen and oxygen atoms in total. The van der Waals surface area contributed by atoms with E-state index in [0.717, 1.165) is 37.2 Å². The van der Waals surface area contributed by atoms with Gasteiger partial charge in [-0.1, -0.05) is 26.0 Å². The molecule has 21 heavy (non-hydrogen) atoms. The van der Waals surface area contributed by atoms with E-state index < -0.39 is 0 Å². The first kappa shape index (κ1) is 15.8. The third kappa shape index (κ3) is 3.97. The van der Waals surface area contributed by atoms with Crippen molar-refractivity contribution in [1.82, 2.24) is 10.2 Å². The van der Waals surface area contributed by atoms with Crippen LogP contribution in [0.2, 0.25) is 0 Å². The van der Waals surface area contributed by atoms with Crippen molar-refractivity contribution in [3.8, 4) is 0 Å². The highest BCUT2D eigenvalue weighted by atomic mass is 16.2. The lowest BCUT2D eigenvalue weighted by Crippen LogP contribution is -2.46. The van der Waals surface area contributed by atoms with Crippen LogP contribution in [-0.4, -0.2) is 50.1 Å². The maximum atomic E-state index is 12.7. The number of carbonyl (C=O) groups excluding carboxylic acids is 1. The minimum atomic E-state index is 0.155. The average Bonchev–Trinajstić information content (AvgIpc) is 2.46. The standard InChI is InChI=1S/C17H27N3O/c1-13(2)18-14-9-11-20(12-10-14)17(21)15-7-5-6-8-16(15)19(3)4/h5-8,13-14,18H,9-12H2,1-4H3. The van der Waals surface area contributed by atoms with Gasteiger partial charge in [-0.3, -0.25) is 4.79 Å². The second kappa shape index (κ2) is 6.94. The van der Waals surface area contributed by atoms with Crippen molar-refractivity contribution in [2.75, 3.05) is 32.1 Å². The molecule has 1 N–H and O–H groups in total. The Bertz CT molecular complexity index is 477. The van der Waals surface area contributed by atoms with Crippen molar-refractivity contribution in [1.29, 1.82) is 0 Å². The van der Waals surface area contributed by atoms with Crippen LogP contribution in [0.3, 0.4) is 0 Å². The quantitative estimate of drug-likeness (QED) is 0.924. The molecule has 0 aromatic heterocycles. The topological polar surface area (TPSA) is 35.6 Å². The van der Waals surface area contributed by atoms with Gasteiger partial charge in [0.2, 0.25) is 0 Å². The Labute approximate surface area is 128 Å². The summed E-state index contributed by atoms with van der Waals surface area (Å²) < 4.78 is 0. The number of carbonyl (C=O) groups is 1. The van der Waals surface area contributed by atoms with E-state index in [-0.39, 0.29) is 5.91 Å². The first-order chi connectivity index (χ1) is 9.99. The lowest BCUT2D eigenvalue weighted by atomic mass is 10.0. The van der Waals surface area contributed by atoms with Gasteiger partial charge in [0.25, 0.3) is 5.91 Å². The minimum Gasteiger partial charge on any atom is -0.377 e. The summed E-state index contributed by atoms with van der Waals surface area (Å²) in [5.41, 5.74) is 1.79. The number of nitrogens with zero attached hydrogens (tertiary/aromatic N) is 2. The molecule has 0 spiro atoms. The predicted octanol–water partition coefficient (Wildman–Crippen LogP) is 2.36. The fourth-order valence-corrected chi connectivity index (χ4v) is 2.94. The van der Waals surface area contributed by atoms with E-state index in [1.807, 2.05) is 48.2 Å². The molecule has 1 aliphatic rings. The van der Waals surface area contributed by atoms with E-state index in [1.54, 1.807) is 0 Å². The summed E-state index contributed by atoms with van der Waals surface area (Å²) >= 11 is 0. The van der Waals surface area contributed by atoms with Crippen molar-refractivity contribution in [3.05, 3.63) is 29.8 Å². The Hall–Kier alpha value is -1.55. The number of benzene rings is 1. The summed E-state index contributed by atoms with van der Waals surface area (Å²) in [7, 11) is 3.95. The fraction of sp³-hybridized carbons (Fsp3) is 0.588. The second-order valence-electron chi connectivity index (χ2n) is 6.30. The summed E-state index contributed by atoms with van der Waals surface area (Å²) in [5, 5.41) is 3.56. The molecule has 1 fully saturated rings. The number of piperidine rings is 1. The maximum Gasteiger partial charge on any atom is 0.255 e. The van der Waals surface area contributed by atoms with Crippen LogP contribution in [0.15, 0.2) is 24.3 Å². The third-order valence-electron chi connectivity index (χ3n) is 3.97. The van der Waals surface area contributed by atoms with E-state index in [4.69, 9.17) is 0 Å². The van der Waals surface area contributed by atoms with Gasteiger partial charge < -0.3 is 15.1 Å². The summed E-state index contributed by atoms with van der Waals surface area (Å²) in [6, 6.07) is 8.89. The molecule has 116 valence electrons. The fourth-order valence-electron chi connectivity index (χ4n) is 2.94. The lowest BCUT2D eigenvalue weighted by molar-refractivity contribution is 0.0704. The number of rotatable bonds is 4. The second-order valence-corrected chi connectivity index (χ2v) is 6.30. The van der Waals surface area contributed by atoms with Gasteiger partial charge in [-0.15, -0.1) is 0 Å². The molecule has 1 amide bonds. The molecular formula is C17H27N3O. The molecule has 1 aromatic rings. The van der Waals surface area contributed by atoms with Gasteiger partial charge in [0, 0.05) is 45.0 Å². The number of likely N-dealkylation sites (tertiary alicyclic amines) is 1. The molecule has 2 rings (SSSR count). The van der Waals surface area contributed by atoms with E-state index in [9.17, 15) is 4.79 Å². The smallest absolute Gasteiger partial charge is 0.255 e. The van der Waals surface area contributed by atoms with Crippen LogP contribution in [0.4, 0.5) is 5.69 Å². The SMILES string of the molecule is CC(C)NC1CCN(C(=O)c2ccccc2N(C)C)CC1. The van der Waals surface area contributed by atoms with Crippen LogP contribution in [0.5, 0.6) is 0 Å². The predicted molar refractivity (Wildman–Crippen MR) is 88.0 cm³/mol. The average molecular weight is 289 g/mol. The summed E-state index contributed by atoms with van der Waals surface area (Å²) in [4.78, 5) is 16.7. The van der Waals surface area contributed by atoms with Crippen LogP contribution in [0.25, 0.3) is 0 Å². The number of hydrogen-bond donors (Lipinski definition) is 1. The molecule has 0 aliphatic carbocycles. The van der Waals surface area contributed by atoms with E-state index in [2.05, 4.69) is 19.2 Å². The lowest BCUT2D eigenvalue weighted by Gasteiger charge is -2.34. The van der Waals surface area contributed by atoms with Crippen LogP contribution in [0, 0.1) is 0 Å². The van der Waals surface area contributed by atoms with Crippen LogP contribution in [-0.2, 0) is 0 Å². The monoisotopic (exact) mass is 289 g/mol. The highest BCUT2D eigenvalue weighted by Crippen LogP contribution is 2.22. The van der Waals surface area contributed by atoms with Crippen molar-refractivity contribution in [2.24, 2.45) is 0 Å². The third-order valence-corrected chi connectivity index (χ3v) is 3.97. The molecule has 0 bridgehead atoms. The number of hydrogen-bond acceptors (Lipinski definition) is 3. The largest absolute Gasteiger partial charge is 0.377 e. The molecule has 1 heterocycles. The van der Waals surface area contributed by atoms with E-state index in [0.29, 0.717) is 12.1 Å². The molecule has 1 saturated heterocycles. The highest BCUT2D eigenvalue weighted by molar-refractivity contribution is 5.99. The molecule has 0 unspecified atom stereocenters. The Kier molecular flexibility index (Phi) is 5.23. The number of nitrogens with one attached hydrogen (secondary N) is 1. The summed E-state index contributed by atoms with van der Waals surface area (Å²) in [6.07, 6.45) is 2.07. The Balaban J connectivity index is 2.02. The molecule has 1 aromatic carbocycles. The van der Waals surface area contributed by atoms with Gasteiger partial charge in [0.1, 0.15) is 0 Å².